The third-order valence-electron chi connectivity index (χ3n) is 1.55. The van der Waals surface area contributed by atoms with E-state index in [9.17, 15) is 8.78 Å². The molecule has 0 radical (unpaired) electrons. The minimum absolute atomic E-state index is 0.0859. The molecule has 0 saturated heterocycles. The molecule has 0 aliphatic rings. The second-order valence-electron chi connectivity index (χ2n) is 2.73. The van der Waals surface area contributed by atoms with E-state index in [1.165, 1.54) is 12.1 Å². The number of benzene rings is 1. The molecule has 0 unspecified atom stereocenters. The van der Waals surface area contributed by atoms with Crippen LogP contribution in [-0.4, -0.2) is 18.3 Å². The maximum absolute atomic E-state index is 11.9. The lowest BCUT2D eigenvalue weighted by Crippen LogP contribution is -2.12. The highest BCUT2D eigenvalue weighted by Gasteiger charge is 2.06. The van der Waals surface area contributed by atoms with Crippen molar-refractivity contribution in [2.24, 2.45) is 10.7 Å². The second-order valence-corrected chi connectivity index (χ2v) is 4.16. The highest BCUT2D eigenvalue weighted by Crippen LogP contribution is 2.26. The van der Waals surface area contributed by atoms with Gasteiger partial charge >= 0.3 is 6.61 Å². The van der Waals surface area contributed by atoms with Gasteiger partial charge in [0.15, 0.2) is 0 Å². The average molecular weight is 361 g/mol. The first-order valence-electron chi connectivity index (χ1n) is 4.16. The summed E-state index contributed by atoms with van der Waals surface area (Å²) in [7, 11) is 0. The van der Waals surface area contributed by atoms with E-state index in [-0.39, 0.29) is 17.5 Å². The van der Waals surface area contributed by atoms with Crippen LogP contribution in [0.5, 0.6) is 5.75 Å². The first-order valence-corrected chi connectivity index (χ1v) is 5.77. The minimum Gasteiger partial charge on any atom is -0.435 e. The van der Waals surface area contributed by atoms with Gasteiger partial charge in [-0.25, -0.2) is 4.99 Å². The molecule has 1 rings (SSSR count). The summed E-state index contributed by atoms with van der Waals surface area (Å²) in [5.74, 6) is 0.468. The molecule has 0 heterocycles. The van der Waals surface area contributed by atoms with Gasteiger partial charge in [-0.05, 0) is 40.8 Å². The van der Waals surface area contributed by atoms with Gasteiger partial charge in [0.05, 0.1) is 11.6 Å². The molecule has 0 aliphatic heterocycles. The third kappa shape index (κ3) is 4.09. The van der Waals surface area contributed by atoms with Gasteiger partial charge in [0, 0.05) is 3.57 Å². The summed E-state index contributed by atoms with van der Waals surface area (Å²) >= 11 is 7.42. The molecule has 88 valence electrons. The monoisotopic (exact) mass is 360 g/mol. The molecular weight excluding hydrogens is 352 g/mol. The summed E-state index contributed by atoms with van der Waals surface area (Å²) in [6.07, 6.45) is 0. The number of ether oxygens (including phenoxy) is 1. The maximum atomic E-state index is 11.9. The molecule has 1 aromatic carbocycles. The zero-order valence-electron chi connectivity index (χ0n) is 7.96. The van der Waals surface area contributed by atoms with Gasteiger partial charge in [0.2, 0.25) is 0 Å². The zero-order chi connectivity index (χ0) is 12.1. The van der Waals surface area contributed by atoms with Crippen LogP contribution >= 0.6 is 34.2 Å². The van der Waals surface area contributed by atoms with Crippen molar-refractivity contribution in [2.75, 3.05) is 5.88 Å². The van der Waals surface area contributed by atoms with Crippen molar-refractivity contribution in [3.63, 3.8) is 0 Å². The molecule has 1 aromatic rings. The van der Waals surface area contributed by atoms with Gasteiger partial charge in [0.25, 0.3) is 0 Å². The van der Waals surface area contributed by atoms with Gasteiger partial charge < -0.3 is 10.5 Å². The number of halogens is 4. The van der Waals surface area contributed by atoms with Crippen molar-refractivity contribution in [1.82, 2.24) is 0 Å². The van der Waals surface area contributed by atoms with Crippen LogP contribution in [0, 0.1) is 3.57 Å². The first-order chi connectivity index (χ1) is 7.52. The van der Waals surface area contributed by atoms with Crippen LogP contribution in [0.3, 0.4) is 0 Å². The molecule has 0 spiro atoms. The lowest BCUT2D eigenvalue weighted by molar-refractivity contribution is -0.0498. The van der Waals surface area contributed by atoms with Gasteiger partial charge in [-0.3, -0.25) is 0 Å². The van der Waals surface area contributed by atoms with Crippen molar-refractivity contribution in [3.05, 3.63) is 21.8 Å². The number of nitrogens with two attached hydrogens (primary N) is 1. The van der Waals surface area contributed by atoms with Gasteiger partial charge in [0.1, 0.15) is 11.6 Å². The molecule has 16 heavy (non-hydrogen) atoms. The van der Waals surface area contributed by atoms with Crippen LogP contribution in [0.25, 0.3) is 0 Å². The Kier molecular flexibility index (Phi) is 5.20. The molecule has 0 atom stereocenters. The van der Waals surface area contributed by atoms with Crippen molar-refractivity contribution in [3.8, 4) is 5.75 Å². The van der Waals surface area contributed by atoms with E-state index in [0.29, 0.717) is 9.26 Å². The summed E-state index contributed by atoms with van der Waals surface area (Å²) in [5, 5.41) is 0. The summed E-state index contributed by atoms with van der Waals surface area (Å²) < 4.78 is 28.7. The fourth-order valence-corrected chi connectivity index (χ4v) is 1.61. The predicted molar refractivity (Wildman–Crippen MR) is 67.8 cm³/mol. The largest absolute Gasteiger partial charge is 0.435 e. The summed E-state index contributed by atoms with van der Waals surface area (Å²) in [6.45, 7) is -2.84. The number of nitrogens with zero attached hydrogens (tertiary/aromatic N) is 1. The molecule has 0 saturated carbocycles. The Morgan fingerprint density at radius 1 is 1.56 bits per heavy atom. The second kappa shape index (κ2) is 6.19. The highest BCUT2D eigenvalue weighted by molar-refractivity contribution is 14.1. The maximum Gasteiger partial charge on any atom is 0.387 e. The van der Waals surface area contributed by atoms with Gasteiger partial charge in [-0.1, -0.05) is 0 Å². The molecule has 0 bridgehead atoms. The SMILES string of the molecule is NC(CCl)=Nc1ccc(OC(F)F)cc1I. The van der Waals surface area contributed by atoms with Crippen molar-refractivity contribution in [2.45, 2.75) is 6.61 Å². The normalized spacial score (nSPS) is 11.9. The van der Waals surface area contributed by atoms with Crippen LogP contribution in [0.15, 0.2) is 23.2 Å². The Hall–Kier alpha value is -0.630. The van der Waals surface area contributed by atoms with Crippen molar-refractivity contribution in [1.29, 1.82) is 0 Å². The highest BCUT2D eigenvalue weighted by atomic mass is 127. The van der Waals surface area contributed by atoms with Crippen molar-refractivity contribution < 1.29 is 13.5 Å². The van der Waals surface area contributed by atoms with Gasteiger partial charge in [-0.15, -0.1) is 11.6 Å². The van der Waals surface area contributed by atoms with Crippen LogP contribution in [-0.2, 0) is 0 Å². The summed E-state index contributed by atoms with van der Waals surface area (Å²) in [5.41, 5.74) is 6.03. The lowest BCUT2D eigenvalue weighted by Gasteiger charge is -2.06. The molecule has 7 heteroatoms. The van der Waals surface area contributed by atoms with E-state index in [2.05, 4.69) is 9.73 Å². The third-order valence-corrected chi connectivity index (χ3v) is 2.68. The Labute approximate surface area is 110 Å². The number of alkyl halides is 3. The van der Waals surface area contributed by atoms with Crippen molar-refractivity contribution >= 4 is 45.7 Å². The summed E-state index contributed by atoms with van der Waals surface area (Å²) in [4.78, 5) is 4.01. The molecular formula is C9H8ClF2IN2O. The Balaban J connectivity index is 2.91. The number of rotatable bonds is 4. The number of hydrogen-bond donors (Lipinski definition) is 1. The lowest BCUT2D eigenvalue weighted by atomic mass is 10.3. The molecule has 2 N–H and O–H groups in total. The van der Waals surface area contributed by atoms with E-state index in [4.69, 9.17) is 17.3 Å². The summed E-state index contributed by atoms with van der Waals surface area (Å²) in [6, 6.07) is 4.39. The van der Waals surface area contributed by atoms with Crippen LogP contribution in [0.4, 0.5) is 14.5 Å². The molecule has 0 aromatic heterocycles. The zero-order valence-corrected chi connectivity index (χ0v) is 10.9. The van der Waals surface area contributed by atoms with E-state index in [1.54, 1.807) is 6.07 Å². The minimum atomic E-state index is -2.84. The quantitative estimate of drug-likeness (QED) is 0.388. The standard InChI is InChI=1S/C9H8ClF2IN2O/c10-4-8(14)15-7-2-1-5(3-6(7)13)16-9(11)12/h1-3,9H,4H2,(H2,14,15). The number of amidine groups is 1. The Morgan fingerprint density at radius 3 is 2.75 bits per heavy atom. The molecule has 0 aliphatic carbocycles. The predicted octanol–water partition coefficient (Wildman–Crippen LogP) is 3.12. The van der Waals surface area contributed by atoms with Crippen LogP contribution in [0.2, 0.25) is 0 Å². The van der Waals surface area contributed by atoms with Crippen LogP contribution in [0.1, 0.15) is 0 Å². The van der Waals surface area contributed by atoms with Gasteiger partial charge in [-0.2, -0.15) is 8.78 Å². The van der Waals surface area contributed by atoms with E-state index in [1.807, 2.05) is 22.6 Å². The molecule has 0 fully saturated rings. The van der Waals surface area contributed by atoms with E-state index >= 15 is 0 Å². The van der Waals surface area contributed by atoms with E-state index in [0.717, 1.165) is 0 Å². The number of hydrogen-bond acceptors (Lipinski definition) is 2. The average Bonchev–Trinajstić information content (AvgIpc) is 2.21. The first kappa shape index (κ1) is 13.4. The fraction of sp³-hybridized carbons (Fsp3) is 0.222. The Morgan fingerprint density at radius 2 is 2.25 bits per heavy atom. The fourth-order valence-electron chi connectivity index (χ4n) is 0.939. The smallest absolute Gasteiger partial charge is 0.387 e. The van der Waals surface area contributed by atoms with Crippen LogP contribution < -0.4 is 10.5 Å². The molecule has 3 nitrogen and oxygen atoms in total. The Bertz CT molecular complexity index is 401. The van der Waals surface area contributed by atoms with E-state index < -0.39 is 6.61 Å². The topological polar surface area (TPSA) is 47.6 Å². The number of aliphatic imine (C=N–C) groups is 1. The molecule has 0 amide bonds.